The number of rotatable bonds is 5. The van der Waals surface area contributed by atoms with Crippen molar-refractivity contribution in [2.24, 2.45) is 5.73 Å². The van der Waals surface area contributed by atoms with Crippen molar-refractivity contribution in [1.82, 2.24) is 14.8 Å². The molecule has 35 heavy (non-hydrogen) atoms. The maximum atomic E-state index is 13.2. The van der Waals surface area contributed by atoms with E-state index >= 15 is 0 Å². The first kappa shape index (κ1) is 25.5. The standard InChI is InChI=1S/C20H17F3N4O8/c1-9(29)33-15-14(35-19(31)32)12(8-28)34-18(15)27-17(16(24)30)25-13(26-27)7-6-10-4-2-3-5-11(10)20(21,22)23/h2-5,12,14-15,18,28H,8H2,1H3,(H2,24,30)(H,31,32)/t12?,14-,15-,18?/m0/s1. The minimum atomic E-state index is -4.68. The van der Waals surface area contributed by atoms with Crippen LogP contribution < -0.4 is 5.73 Å². The van der Waals surface area contributed by atoms with E-state index in [2.05, 4.69) is 26.7 Å². The van der Waals surface area contributed by atoms with E-state index in [4.69, 9.17) is 20.3 Å². The predicted molar refractivity (Wildman–Crippen MR) is 105 cm³/mol. The SMILES string of the molecule is CC(=O)O[C@@H]1C(n2nc(C#Cc3ccccc3C(F)(F)F)nc2C(N)=O)OC(CO)[C@@H]1OC(=O)O. The third-order valence-electron chi connectivity index (χ3n) is 4.64. The smallest absolute Gasteiger partial charge is 0.454 e. The van der Waals surface area contributed by atoms with Gasteiger partial charge in [0.1, 0.15) is 6.10 Å². The highest BCUT2D eigenvalue weighted by molar-refractivity contribution is 5.89. The van der Waals surface area contributed by atoms with Gasteiger partial charge in [-0.25, -0.2) is 9.48 Å². The summed E-state index contributed by atoms with van der Waals surface area (Å²) in [4.78, 5) is 38.4. The number of aromatic nitrogens is 3. The third kappa shape index (κ3) is 5.67. The average Bonchev–Trinajstić information content (AvgIpc) is 3.33. The summed E-state index contributed by atoms with van der Waals surface area (Å²) in [6.07, 6.45) is -12.4. The summed E-state index contributed by atoms with van der Waals surface area (Å²) in [7, 11) is 0. The van der Waals surface area contributed by atoms with Gasteiger partial charge in [0, 0.05) is 12.5 Å². The molecule has 1 amide bonds. The Bertz CT molecular complexity index is 1200. The molecule has 1 aromatic heterocycles. The number of alkyl halides is 3. The number of nitrogens with two attached hydrogens (primary N) is 1. The Hall–Kier alpha value is -4.16. The Labute approximate surface area is 194 Å². The molecule has 1 saturated heterocycles. The van der Waals surface area contributed by atoms with Crippen LogP contribution in [0.15, 0.2) is 24.3 Å². The minimum absolute atomic E-state index is 0.387. The van der Waals surface area contributed by atoms with Crippen molar-refractivity contribution in [2.45, 2.75) is 37.6 Å². The lowest BCUT2D eigenvalue weighted by Crippen LogP contribution is -2.40. The van der Waals surface area contributed by atoms with Crippen LogP contribution in [0.4, 0.5) is 18.0 Å². The molecule has 2 unspecified atom stereocenters. The zero-order valence-electron chi connectivity index (χ0n) is 17.7. The molecular weight excluding hydrogens is 481 g/mol. The summed E-state index contributed by atoms with van der Waals surface area (Å²) < 4.78 is 55.6. The Balaban J connectivity index is 2.05. The van der Waals surface area contributed by atoms with Crippen molar-refractivity contribution in [3.05, 3.63) is 47.0 Å². The molecule has 4 atom stereocenters. The number of hydrogen-bond donors (Lipinski definition) is 3. The number of aliphatic hydroxyl groups excluding tert-OH is 1. The molecule has 3 rings (SSSR count). The van der Waals surface area contributed by atoms with Crippen molar-refractivity contribution in [1.29, 1.82) is 0 Å². The number of hydrogen-bond acceptors (Lipinski definition) is 9. The number of carboxylic acid groups (broad SMARTS) is 1. The Morgan fingerprint density at radius 2 is 1.89 bits per heavy atom. The molecule has 1 aliphatic rings. The van der Waals surface area contributed by atoms with Crippen molar-refractivity contribution in [3.8, 4) is 11.8 Å². The highest BCUT2D eigenvalue weighted by Gasteiger charge is 2.51. The van der Waals surface area contributed by atoms with Crippen LogP contribution in [0, 0.1) is 11.8 Å². The van der Waals surface area contributed by atoms with Gasteiger partial charge < -0.3 is 30.2 Å². The van der Waals surface area contributed by atoms with Crippen LogP contribution in [0.2, 0.25) is 0 Å². The number of amides is 1. The molecule has 4 N–H and O–H groups in total. The van der Waals surface area contributed by atoms with E-state index in [0.717, 1.165) is 23.7 Å². The Morgan fingerprint density at radius 3 is 2.46 bits per heavy atom. The van der Waals surface area contributed by atoms with E-state index in [-0.39, 0.29) is 5.56 Å². The highest BCUT2D eigenvalue weighted by Crippen LogP contribution is 2.34. The van der Waals surface area contributed by atoms with Crippen molar-refractivity contribution in [3.63, 3.8) is 0 Å². The van der Waals surface area contributed by atoms with Gasteiger partial charge in [-0.15, -0.1) is 5.10 Å². The molecular formula is C20H17F3N4O8. The lowest BCUT2D eigenvalue weighted by molar-refractivity contribution is -0.157. The van der Waals surface area contributed by atoms with Crippen LogP contribution in [0.5, 0.6) is 0 Å². The van der Waals surface area contributed by atoms with Gasteiger partial charge in [0.2, 0.25) is 11.6 Å². The second-order valence-electron chi connectivity index (χ2n) is 7.03. The number of ether oxygens (including phenoxy) is 3. The van der Waals surface area contributed by atoms with Crippen molar-refractivity contribution >= 4 is 18.0 Å². The van der Waals surface area contributed by atoms with Crippen LogP contribution in [-0.4, -0.2) is 67.9 Å². The normalized spacial score (nSPS) is 21.6. The Morgan fingerprint density at radius 1 is 1.20 bits per heavy atom. The molecule has 15 heteroatoms. The molecule has 0 radical (unpaired) electrons. The maximum Gasteiger partial charge on any atom is 0.506 e. The largest absolute Gasteiger partial charge is 0.506 e. The molecule has 1 aromatic carbocycles. The molecule has 0 bridgehead atoms. The van der Waals surface area contributed by atoms with Gasteiger partial charge in [-0.1, -0.05) is 18.1 Å². The second kappa shape index (κ2) is 9.99. The van der Waals surface area contributed by atoms with Gasteiger partial charge >= 0.3 is 18.3 Å². The summed E-state index contributed by atoms with van der Waals surface area (Å²) in [5.41, 5.74) is 3.92. The third-order valence-corrected chi connectivity index (χ3v) is 4.64. The zero-order chi connectivity index (χ0) is 25.9. The number of esters is 1. The number of nitrogens with zero attached hydrogens (tertiary/aromatic N) is 3. The molecule has 2 heterocycles. The van der Waals surface area contributed by atoms with Crippen LogP contribution in [0.1, 0.15) is 40.7 Å². The van der Waals surface area contributed by atoms with Crippen molar-refractivity contribution < 1.29 is 52.0 Å². The lowest BCUT2D eigenvalue weighted by atomic mass is 10.1. The lowest BCUT2D eigenvalue weighted by Gasteiger charge is -2.22. The summed E-state index contributed by atoms with van der Waals surface area (Å²) in [6, 6.07) is 4.48. The first-order chi connectivity index (χ1) is 16.4. The van der Waals surface area contributed by atoms with Crippen LogP contribution in [-0.2, 0) is 25.2 Å². The molecule has 0 spiro atoms. The number of halogens is 3. The zero-order valence-corrected chi connectivity index (χ0v) is 17.7. The molecule has 2 aromatic rings. The maximum absolute atomic E-state index is 13.2. The molecule has 1 aliphatic heterocycles. The number of carbonyl (C=O) groups excluding carboxylic acids is 2. The number of aliphatic hydroxyl groups is 1. The van der Waals surface area contributed by atoms with E-state index in [9.17, 15) is 32.7 Å². The fourth-order valence-corrected chi connectivity index (χ4v) is 3.31. The first-order valence-corrected chi connectivity index (χ1v) is 9.70. The first-order valence-electron chi connectivity index (χ1n) is 9.70. The highest BCUT2D eigenvalue weighted by atomic mass is 19.4. The average molecular weight is 498 g/mol. The van der Waals surface area contributed by atoms with Gasteiger partial charge in [0.25, 0.3) is 5.91 Å². The van der Waals surface area contributed by atoms with E-state index in [1.165, 1.54) is 12.1 Å². The summed E-state index contributed by atoms with van der Waals surface area (Å²) in [5.74, 6) is 1.50. The van der Waals surface area contributed by atoms with E-state index in [1.54, 1.807) is 0 Å². The molecule has 0 aliphatic carbocycles. The Kier molecular flexibility index (Phi) is 7.27. The number of carbonyl (C=O) groups is 3. The fraction of sp³-hybridized carbons (Fsp3) is 0.350. The quantitative estimate of drug-likeness (QED) is 0.392. The van der Waals surface area contributed by atoms with E-state index in [0.29, 0.717) is 0 Å². The summed E-state index contributed by atoms with van der Waals surface area (Å²) >= 11 is 0. The van der Waals surface area contributed by atoms with Crippen LogP contribution >= 0.6 is 0 Å². The molecule has 0 saturated carbocycles. The predicted octanol–water partition coefficient (Wildman–Crippen LogP) is 0.680. The minimum Gasteiger partial charge on any atom is -0.454 e. The number of primary amides is 1. The summed E-state index contributed by atoms with van der Waals surface area (Å²) in [6.45, 7) is 0.236. The van der Waals surface area contributed by atoms with Crippen molar-refractivity contribution in [2.75, 3.05) is 6.61 Å². The second-order valence-corrected chi connectivity index (χ2v) is 7.03. The topological polar surface area (TPSA) is 176 Å². The van der Waals surface area contributed by atoms with Gasteiger partial charge in [0.15, 0.2) is 18.4 Å². The van der Waals surface area contributed by atoms with E-state index in [1.807, 2.05) is 0 Å². The molecule has 1 fully saturated rings. The van der Waals surface area contributed by atoms with Gasteiger partial charge in [-0.05, 0) is 18.1 Å². The monoisotopic (exact) mass is 498 g/mol. The van der Waals surface area contributed by atoms with Gasteiger partial charge in [0.05, 0.1) is 12.2 Å². The van der Waals surface area contributed by atoms with Gasteiger partial charge in [-0.3, -0.25) is 9.59 Å². The summed E-state index contributed by atoms with van der Waals surface area (Å²) in [5, 5.41) is 22.5. The molecule has 12 nitrogen and oxygen atoms in total. The van der Waals surface area contributed by atoms with Crippen LogP contribution in [0.25, 0.3) is 0 Å². The van der Waals surface area contributed by atoms with E-state index < -0.39 is 72.6 Å². The van der Waals surface area contributed by atoms with Crippen LogP contribution in [0.3, 0.4) is 0 Å². The van der Waals surface area contributed by atoms with Gasteiger partial charge in [-0.2, -0.15) is 18.2 Å². The number of benzene rings is 1. The molecule has 186 valence electrons. The fourth-order valence-electron chi connectivity index (χ4n) is 3.31.